The summed E-state index contributed by atoms with van der Waals surface area (Å²) in [7, 11) is -3.55. The molecule has 0 aliphatic carbocycles. The molecule has 0 radical (unpaired) electrons. The predicted molar refractivity (Wildman–Crippen MR) is 79.6 cm³/mol. The van der Waals surface area contributed by atoms with Crippen molar-refractivity contribution >= 4 is 21.7 Å². The number of rotatable bonds is 5. The molecule has 5 nitrogen and oxygen atoms in total. The molecular weight excluding hydrogens is 278 g/mol. The summed E-state index contributed by atoms with van der Waals surface area (Å²) < 4.78 is 26.4. The van der Waals surface area contributed by atoms with Gasteiger partial charge in [-0.25, -0.2) is 13.2 Å². The van der Waals surface area contributed by atoms with E-state index in [0.717, 1.165) is 5.56 Å². The normalized spacial score (nSPS) is 12.2. The number of carboxylic acids is 1. The van der Waals surface area contributed by atoms with Crippen molar-refractivity contribution in [3.63, 3.8) is 0 Å². The van der Waals surface area contributed by atoms with Crippen molar-refractivity contribution < 1.29 is 18.3 Å². The molecule has 0 amide bonds. The van der Waals surface area contributed by atoms with Gasteiger partial charge in [0.25, 0.3) is 0 Å². The molecule has 20 heavy (non-hydrogen) atoms. The van der Waals surface area contributed by atoms with Gasteiger partial charge in [-0.3, -0.25) is 4.72 Å². The Labute approximate surface area is 120 Å². The number of aryl methyl sites for hydroxylation is 1. The molecule has 0 bridgehead atoms. The van der Waals surface area contributed by atoms with E-state index in [9.17, 15) is 13.2 Å². The van der Waals surface area contributed by atoms with Crippen LogP contribution < -0.4 is 4.72 Å². The Morgan fingerprint density at radius 1 is 1.30 bits per heavy atom. The molecule has 0 aliphatic rings. The molecule has 2 N–H and O–H groups in total. The maximum atomic E-state index is 12.0. The van der Waals surface area contributed by atoms with Gasteiger partial charge in [0.1, 0.15) is 0 Å². The van der Waals surface area contributed by atoms with E-state index in [4.69, 9.17) is 5.11 Å². The van der Waals surface area contributed by atoms with Gasteiger partial charge in [0.2, 0.25) is 10.0 Å². The van der Waals surface area contributed by atoms with Crippen molar-refractivity contribution in [3.05, 3.63) is 29.3 Å². The van der Waals surface area contributed by atoms with Crippen molar-refractivity contribution in [1.29, 1.82) is 0 Å². The molecule has 112 valence electrons. The molecule has 0 aliphatic heterocycles. The number of benzene rings is 1. The first-order valence-corrected chi connectivity index (χ1v) is 8.00. The molecule has 0 aromatic heterocycles. The largest absolute Gasteiger partial charge is 0.478 e. The highest BCUT2D eigenvalue weighted by atomic mass is 32.2. The number of aromatic carboxylic acids is 1. The van der Waals surface area contributed by atoms with E-state index in [1.54, 1.807) is 13.0 Å². The molecule has 0 atom stereocenters. The summed E-state index contributed by atoms with van der Waals surface area (Å²) >= 11 is 0. The predicted octanol–water partition coefficient (Wildman–Crippen LogP) is 2.87. The van der Waals surface area contributed by atoms with Gasteiger partial charge in [-0.1, -0.05) is 32.4 Å². The van der Waals surface area contributed by atoms with Crippen molar-refractivity contribution in [2.45, 2.75) is 34.1 Å². The van der Waals surface area contributed by atoms with Gasteiger partial charge in [-0.15, -0.1) is 0 Å². The van der Waals surface area contributed by atoms with Crippen LogP contribution in [0, 0.1) is 12.3 Å². The minimum Gasteiger partial charge on any atom is -0.478 e. The van der Waals surface area contributed by atoms with Crippen LogP contribution >= 0.6 is 0 Å². The molecule has 0 saturated heterocycles. The van der Waals surface area contributed by atoms with Crippen LogP contribution in [0.25, 0.3) is 0 Å². The minimum atomic E-state index is -3.55. The monoisotopic (exact) mass is 299 g/mol. The number of sulfonamides is 1. The Morgan fingerprint density at radius 2 is 1.90 bits per heavy atom. The van der Waals surface area contributed by atoms with Crippen molar-refractivity contribution in [2.75, 3.05) is 10.5 Å². The molecule has 1 aromatic rings. The maximum absolute atomic E-state index is 12.0. The summed E-state index contributed by atoms with van der Waals surface area (Å²) in [5.41, 5.74) is 0.735. The number of anilines is 1. The first-order chi connectivity index (χ1) is 9.00. The highest BCUT2D eigenvalue weighted by Crippen LogP contribution is 2.22. The lowest BCUT2D eigenvalue weighted by molar-refractivity contribution is 0.0698. The molecule has 1 rings (SSSR count). The lowest BCUT2D eigenvalue weighted by Crippen LogP contribution is -2.22. The van der Waals surface area contributed by atoms with E-state index >= 15 is 0 Å². The molecule has 0 saturated carbocycles. The fraction of sp³-hybridized carbons (Fsp3) is 0.500. The Bertz CT molecular complexity index is 600. The van der Waals surface area contributed by atoms with Crippen molar-refractivity contribution in [2.24, 2.45) is 5.41 Å². The van der Waals surface area contributed by atoms with E-state index in [-0.39, 0.29) is 22.4 Å². The van der Waals surface area contributed by atoms with Gasteiger partial charge in [0.05, 0.1) is 17.0 Å². The van der Waals surface area contributed by atoms with Gasteiger partial charge in [0, 0.05) is 0 Å². The quantitative estimate of drug-likeness (QED) is 0.875. The molecule has 6 heteroatoms. The lowest BCUT2D eigenvalue weighted by Gasteiger charge is -2.18. The van der Waals surface area contributed by atoms with Crippen LogP contribution in [-0.2, 0) is 10.0 Å². The standard InChI is InChI=1S/C14H21NO4S/c1-10-5-6-12(11(9-10)13(16)17)15-20(18,19)8-7-14(2,3)4/h5-6,9,15H,7-8H2,1-4H3,(H,16,17). The molecule has 0 heterocycles. The van der Waals surface area contributed by atoms with Crippen LogP contribution in [0.3, 0.4) is 0 Å². The van der Waals surface area contributed by atoms with Gasteiger partial charge in [-0.05, 0) is 30.9 Å². The number of carboxylic acid groups (broad SMARTS) is 1. The van der Waals surface area contributed by atoms with Crippen LogP contribution in [0.1, 0.15) is 43.1 Å². The summed E-state index contributed by atoms with van der Waals surface area (Å²) in [5.74, 6) is -1.19. The summed E-state index contributed by atoms with van der Waals surface area (Å²) in [6.45, 7) is 7.62. The lowest BCUT2D eigenvalue weighted by atomic mass is 9.94. The van der Waals surface area contributed by atoms with Crippen LogP contribution in [-0.4, -0.2) is 25.2 Å². The van der Waals surface area contributed by atoms with E-state index in [2.05, 4.69) is 4.72 Å². The maximum Gasteiger partial charge on any atom is 0.337 e. The second-order valence-corrected chi connectivity index (χ2v) is 7.93. The second kappa shape index (κ2) is 5.83. The molecule has 0 unspecified atom stereocenters. The van der Waals surface area contributed by atoms with Crippen LogP contribution in [0.5, 0.6) is 0 Å². The van der Waals surface area contributed by atoms with E-state index in [1.807, 2.05) is 20.8 Å². The summed E-state index contributed by atoms with van der Waals surface area (Å²) in [6, 6.07) is 4.60. The fourth-order valence-electron chi connectivity index (χ4n) is 1.58. The third-order valence-corrected chi connectivity index (χ3v) is 4.06. The number of nitrogens with one attached hydrogen (secondary N) is 1. The zero-order valence-corrected chi connectivity index (χ0v) is 13.0. The molecular formula is C14H21NO4S. The first kappa shape index (κ1) is 16.5. The average Bonchev–Trinajstić information content (AvgIpc) is 2.28. The highest BCUT2D eigenvalue weighted by molar-refractivity contribution is 7.92. The zero-order valence-electron chi connectivity index (χ0n) is 12.2. The third kappa shape index (κ3) is 5.21. The average molecular weight is 299 g/mol. The van der Waals surface area contributed by atoms with Crippen LogP contribution in [0.15, 0.2) is 18.2 Å². The molecule has 1 aromatic carbocycles. The Hall–Kier alpha value is -1.56. The van der Waals surface area contributed by atoms with Gasteiger partial charge >= 0.3 is 5.97 Å². The molecule has 0 spiro atoms. The second-order valence-electron chi connectivity index (χ2n) is 6.09. The van der Waals surface area contributed by atoms with Crippen LogP contribution in [0.2, 0.25) is 0 Å². The van der Waals surface area contributed by atoms with Gasteiger partial charge in [0.15, 0.2) is 0 Å². The van der Waals surface area contributed by atoms with Gasteiger partial charge in [-0.2, -0.15) is 0 Å². The van der Waals surface area contributed by atoms with E-state index < -0.39 is 16.0 Å². The summed E-state index contributed by atoms with van der Waals surface area (Å²) in [6.07, 6.45) is 0.497. The Kier molecular flexibility index (Phi) is 4.81. The Balaban J connectivity index is 2.95. The van der Waals surface area contributed by atoms with E-state index in [0.29, 0.717) is 6.42 Å². The first-order valence-electron chi connectivity index (χ1n) is 6.35. The minimum absolute atomic E-state index is 0.0377. The van der Waals surface area contributed by atoms with Crippen molar-refractivity contribution in [1.82, 2.24) is 0 Å². The SMILES string of the molecule is Cc1ccc(NS(=O)(=O)CCC(C)(C)C)c(C(=O)O)c1. The summed E-state index contributed by atoms with van der Waals surface area (Å²) in [4.78, 5) is 11.1. The molecule has 0 fully saturated rings. The van der Waals surface area contributed by atoms with Gasteiger partial charge < -0.3 is 5.11 Å². The van der Waals surface area contributed by atoms with Crippen LogP contribution in [0.4, 0.5) is 5.69 Å². The number of hydrogen-bond donors (Lipinski definition) is 2. The summed E-state index contributed by atoms with van der Waals surface area (Å²) in [5, 5.41) is 9.11. The smallest absolute Gasteiger partial charge is 0.337 e. The Morgan fingerprint density at radius 3 is 2.40 bits per heavy atom. The fourth-order valence-corrected chi connectivity index (χ4v) is 3.08. The number of carbonyl (C=O) groups is 1. The number of hydrogen-bond acceptors (Lipinski definition) is 3. The zero-order chi connectivity index (χ0) is 15.6. The highest BCUT2D eigenvalue weighted by Gasteiger charge is 2.19. The van der Waals surface area contributed by atoms with E-state index in [1.165, 1.54) is 12.1 Å². The third-order valence-electron chi connectivity index (χ3n) is 2.79. The van der Waals surface area contributed by atoms with Crippen molar-refractivity contribution in [3.8, 4) is 0 Å². The topological polar surface area (TPSA) is 83.5 Å².